The largest absolute Gasteiger partial charge is 0.481 e. The van der Waals surface area contributed by atoms with Crippen LogP contribution in [0.25, 0.3) is 0 Å². The quantitative estimate of drug-likeness (QED) is 0.637. The molecule has 0 bridgehead atoms. The molecule has 2 aromatic carbocycles. The van der Waals surface area contributed by atoms with Crippen molar-refractivity contribution in [3.05, 3.63) is 48.0 Å². The second-order valence-corrected chi connectivity index (χ2v) is 10.3. The molecule has 2 aliphatic heterocycles. The van der Waals surface area contributed by atoms with Gasteiger partial charge in [-0.1, -0.05) is 12.1 Å². The Morgan fingerprint density at radius 1 is 1.00 bits per heavy atom. The molecule has 0 spiro atoms. The van der Waals surface area contributed by atoms with Gasteiger partial charge in [0.25, 0.3) is 5.91 Å². The van der Waals surface area contributed by atoms with Crippen LogP contribution >= 0.6 is 0 Å². The number of carbonyl (C=O) groups is 1. The first-order valence-electron chi connectivity index (χ1n) is 11.4. The number of rotatable bonds is 7. The zero-order valence-corrected chi connectivity index (χ0v) is 20.3. The van der Waals surface area contributed by atoms with E-state index in [1.807, 2.05) is 25.1 Å². The standard InChI is InChI=1S/C24H31N3O6S/c1-18-4-3-5-20(16-18)33-19(2)24(28)25-22-17-21(34(29,30)27-10-14-32-15-11-27)6-7-23(22)26-8-12-31-13-9-26/h3-7,16-17,19H,8-15H2,1-2H3,(H,25,28). The Kier molecular flexibility index (Phi) is 7.72. The molecule has 1 amide bonds. The third-order valence-corrected chi connectivity index (χ3v) is 7.75. The van der Waals surface area contributed by atoms with Crippen molar-refractivity contribution >= 4 is 27.3 Å². The van der Waals surface area contributed by atoms with E-state index in [4.69, 9.17) is 14.2 Å². The molecule has 1 unspecified atom stereocenters. The highest BCUT2D eigenvalue weighted by atomic mass is 32.2. The van der Waals surface area contributed by atoms with Crippen LogP contribution in [0.15, 0.2) is 47.4 Å². The molecule has 34 heavy (non-hydrogen) atoms. The molecule has 4 rings (SSSR count). The van der Waals surface area contributed by atoms with Crippen molar-refractivity contribution in [2.75, 3.05) is 62.8 Å². The molecule has 2 aliphatic rings. The highest BCUT2D eigenvalue weighted by Crippen LogP contribution is 2.31. The number of morpholine rings is 2. The van der Waals surface area contributed by atoms with E-state index in [2.05, 4.69) is 10.2 Å². The van der Waals surface area contributed by atoms with Crippen LogP contribution in [0.2, 0.25) is 0 Å². The van der Waals surface area contributed by atoms with Gasteiger partial charge in [-0.15, -0.1) is 0 Å². The minimum atomic E-state index is -3.71. The molecule has 184 valence electrons. The molecule has 0 radical (unpaired) electrons. The van der Waals surface area contributed by atoms with Gasteiger partial charge < -0.3 is 24.4 Å². The van der Waals surface area contributed by atoms with Crippen LogP contribution < -0.4 is 15.0 Å². The second kappa shape index (κ2) is 10.7. The van der Waals surface area contributed by atoms with Gasteiger partial charge in [0.2, 0.25) is 10.0 Å². The summed E-state index contributed by atoms with van der Waals surface area (Å²) in [7, 11) is -3.71. The van der Waals surface area contributed by atoms with Crippen molar-refractivity contribution in [2.24, 2.45) is 0 Å². The Morgan fingerprint density at radius 2 is 1.68 bits per heavy atom. The molecule has 2 fully saturated rings. The molecular weight excluding hydrogens is 458 g/mol. The van der Waals surface area contributed by atoms with Gasteiger partial charge in [0, 0.05) is 26.2 Å². The molecule has 2 aromatic rings. The maximum absolute atomic E-state index is 13.2. The summed E-state index contributed by atoms with van der Waals surface area (Å²) in [6.45, 7) is 7.37. The van der Waals surface area contributed by atoms with E-state index in [9.17, 15) is 13.2 Å². The summed E-state index contributed by atoms with van der Waals surface area (Å²) in [4.78, 5) is 15.3. The highest BCUT2D eigenvalue weighted by Gasteiger charge is 2.28. The van der Waals surface area contributed by atoms with Crippen LogP contribution in [0.4, 0.5) is 11.4 Å². The number of hydrogen-bond donors (Lipinski definition) is 1. The van der Waals surface area contributed by atoms with Crippen molar-refractivity contribution in [2.45, 2.75) is 24.8 Å². The van der Waals surface area contributed by atoms with Crippen LogP contribution in [-0.2, 0) is 24.3 Å². The van der Waals surface area contributed by atoms with E-state index in [1.54, 1.807) is 25.1 Å². The molecule has 0 saturated carbocycles. The Balaban J connectivity index is 1.59. The minimum Gasteiger partial charge on any atom is -0.481 e. The number of amides is 1. The first kappa shape index (κ1) is 24.5. The maximum Gasteiger partial charge on any atom is 0.265 e. The summed E-state index contributed by atoms with van der Waals surface area (Å²) >= 11 is 0. The average molecular weight is 490 g/mol. The summed E-state index contributed by atoms with van der Waals surface area (Å²) in [5.41, 5.74) is 2.21. The SMILES string of the molecule is Cc1cccc(OC(C)C(=O)Nc2cc(S(=O)(=O)N3CCOCC3)ccc2N2CCOCC2)c1. The molecule has 2 saturated heterocycles. The smallest absolute Gasteiger partial charge is 0.265 e. The van der Waals surface area contributed by atoms with Crippen molar-refractivity contribution < 1.29 is 27.4 Å². The van der Waals surface area contributed by atoms with Gasteiger partial charge in [-0.3, -0.25) is 4.79 Å². The summed E-state index contributed by atoms with van der Waals surface area (Å²) in [5, 5.41) is 2.90. The van der Waals surface area contributed by atoms with E-state index >= 15 is 0 Å². The molecule has 2 heterocycles. The summed E-state index contributed by atoms with van der Waals surface area (Å²) in [6.07, 6.45) is -0.779. The van der Waals surface area contributed by atoms with Crippen molar-refractivity contribution in [3.63, 3.8) is 0 Å². The summed E-state index contributed by atoms with van der Waals surface area (Å²) < 4.78 is 44.4. The van der Waals surface area contributed by atoms with Gasteiger partial charge in [0.1, 0.15) is 5.75 Å². The Hall–Kier alpha value is -2.66. The number of nitrogens with zero attached hydrogens (tertiary/aromatic N) is 2. The number of benzene rings is 2. The monoisotopic (exact) mass is 489 g/mol. The van der Waals surface area contributed by atoms with Crippen LogP contribution in [0, 0.1) is 6.92 Å². The van der Waals surface area contributed by atoms with Gasteiger partial charge in [-0.25, -0.2) is 8.42 Å². The van der Waals surface area contributed by atoms with Crippen molar-refractivity contribution in [3.8, 4) is 5.75 Å². The number of anilines is 2. The van der Waals surface area contributed by atoms with Gasteiger partial charge >= 0.3 is 0 Å². The number of hydrogen-bond acceptors (Lipinski definition) is 7. The zero-order valence-electron chi connectivity index (χ0n) is 19.5. The van der Waals surface area contributed by atoms with Crippen LogP contribution in [0.5, 0.6) is 5.75 Å². The van der Waals surface area contributed by atoms with E-state index < -0.39 is 16.1 Å². The molecule has 0 aliphatic carbocycles. The lowest BCUT2D eigenvalue weighted by molar-refractivity contribution is -0.122. The second-order valence-electron chi connectivity index (χ2n) is 8.36. The molecular formula is C24H31N3O6S. The third kappa shape index (κ3) is 5.69. The molecule has 0 aromatic heterocycles. The number of nitrogens with one attached hydrogen (secondary N) is 1. The Labute approximate surface area is 200 Å². The topological polar surface area (TPSA) is 97.4 Å². The minimum absolute atomic E-state index is 0.133. The summed E-state index contributed by atoms with van der Waals surface area (Å²) in [5.74, 6) is 0.233. The number of carbonyl (C=O) groups excluding carboxylic acids is 1. The zero-order chi connectivity index (χ0) is 24.1. The fourth-order valence-corrected chi connectivity index (χ4v) is 5.41. The normalized spacial score (nSPS) is 18.4. The van der Waals surface area contributed by atoms with Crippen LogP contribution in [-0.4, -0.2) is 77.3 Å². The first-order valence-corrected chi connectivity index (χ1v) is 12.9. The molecule has 10 heteroatoms. The molecule has 9 nitrogen and oxygen atoms in total. The Morgan fingerprint density at radius 3 is 2.35 bits per heavy atom. The van der Waals surface area contributed by atoms with Crippen LogP contribution in [0.3, 0.4) is 0 Å². The average Bonchev–Trinajstić information content (AvgIpc) is 2.85. The van der Waals surface area contributed by atoms with Crippen LogP contribution in [0.1, 0.15) is 12.5 Å². The highest BCUT2D eigenvalue weighted by molar-refractivity contribution is 7.89. The number of sulfonamides is 1. The van der Waals surface area contributed by atoms with Crippen molar-refractivity contribution in [1.82, 2.24) is 4.31 Å². The van der Waals surface area contributed by atoms with Gasteiger partial charge in [-0.05, 0) is 49.7 Å². The lowest BCUT2D eigenvalue weighted by atomic mass is 10.2. The lowest BCUT2D eigenvalue weighted by Crippen LogP contribution is -2.41. The fraction of sp³-hybridized carbons (Fsp3) is 0.458. The number of aryl methyl sites for hydroxylation is 1. The number of ether oxygens (including phenoxy) is 3. The molecule has 1 N–H and O–H groups in total. The third-order valence-electron chi connectivity index (χ3n) is 5.86. The molecule has 1 atom stereocenters. The predicted octanol–water partition coefficient (Wildman–Crippen LogP) is 2.26. The van der Waals surface area contributed by atoms with Gasteiger partial charge in [0.15, 0.2) is 6.10 Å². The van der Waals surface area contributed by atoms with Gasteiger partial charge in [-0.2, -0.15) is 4.31 Å². The van der Waals surface area contributed by atoms with E-state index in [1.165, 1.54) is 10.4 Å². The van der Waals surface area contributed by atoms with E-state index in [0.717, 1.165) is 11.3 Å². The summed E-state index contributed by atoms with van der Waals surface area (Å²) in [6, 6.07) is 12.4. The Bertz CT molecular complexity index is 1110. The fourth-order valence-electron chi connectivity index (χ4n) is 3.97. The lowest BCUT2D eigenvalue weighted by Gasteiger charge is -2.31. The van der Waals surface area contributed by atoms with Crippen molar-refractivity contribution in [1.29, 1.82) is 0 Å². The van der Waals surface area contributed by atoms with E-state index in [0.29, 0.717) is 64.0 Å². The first-order chi connectivity index (χ1) is 16.3. The van der Waals surface area contributed by atoms with Gasteiger partial charge in [0.05, 0.1) is 42.7 Å². The maximum atomic E-state index is 13.2. The van der Waals surface area contributed by atoms with E-state index in [-0.39, 0.29) is 10.8 Å². The predicted molar refractivity (Wildman–Crippen MR) is 129 cm³/mol.